The maximum Gasteiger partial charge on any atom is 0.233 e. The second-order valence-electron chi connectivity index (χ2n) is 4.63. The number of thioether (sulfide) groups is 1. The van der Waals surface area contributed by atoms with Crippen LogP contribution < -0.4 is 10.6 Å². The van der Waals surface area contributed by atoms with Crippen LogP contribution >= 0.6 is 11.8 Å². The molecule has 1 aromatic rings. The Kier molecular flexibility index (Phi) is 5.89. The first-order chi connectivity index (χ1) is 8.88. The molecule has 4 nitrogen and oxygen atoms in total. The maximum atomic E-state index is 11.8. The summed E-state index contributed by atoms with van der Waals surface area (Å²) in [6, 6.07) is 7.61. The standard InChI is InChI=1S/C14H20N2O2S/c1-9(2)15-14(18)10(3)19-13-7-5-12(6-8-13)16-11(4)17/h5-10H,1-4H3,(H,15,18)(H,16,17)/t10-/m0/s1. The molecule has 0 saturated carbocycles. The first kappa shape index (κ1) is 15.6. The van der Waals surface area contributed by atoms with Gasteiger partial charge in [-0.15, -0.1) is 11.8 Å². The molecule has 0 bridgehead atoms. The lowest BCUT2D eigenvalue weighted by Gasteiger charge is -2.14. The van der Waals surface area contributed by atoms with Crippen LogP contribution in [0, 0.1) is 0 Å². The second kappa shape index (κ2) is 7.19. The first-order valence-electron chi connectivity index (χ1n) is 6.23. The molecule has 19 heavy (non-hydrogen) atoms. The lowest BCUT2D eigenvalue weighted by Crippen LogP contribution is -2.35. The van der Waals surface area contributed by atoms with E-state index in [1.807, 2.05) is 45.0 Å². The van der Waals surface area contributed by atoms with Crippen LogP contribution in [0.3, 0.4) is 0 Å². The van der Waals surface area contributed by atoms with Crippen LogP contribution in [0.25, 0.3) is 0 Å². The van der Waals surface area contributed by atoms with E-state index in [0.717, 1.165) is 10.6 Å². The highest BCUT2D eigenvalue weighted by molar-refractivity contribution is 8.00. The van der Waals surface area contributed by atoms with Crippen LogP contribution in [-0.4, -0.2) is 23.1 Å². The van der Waals surface area contributed by atoms with E-state index in [1.54, 1.807) is 0 Å². The van der Waals surface area contributed by atoms with Gasteiger partial charge in [-0.25, -0.2) is 0 Å². The molecule has 0 aliphatic rings. The molecule has 0 saturated heterocycles. The number of carbonyl (C=O) groups excluding carboxylic acids is 2. The van der Waals surface area contributed by atoms with E-state index in [2.05, 4.69) is 10.6 Å². The van der Waals surface area contributed by atoms with Gasteiger partial charge in [0.2, 0.25) is 11.8 Å². The molecule has 0 aromatic heterocycles. The summed E-state index contributed by atoms with van der Waals surface area (Å²) in [6.07, 6.45) is 0. The molecule has 0 spiro atoms. The Bertz CT molecular complexity index is 443. The van der Waals surface area contributed by atoms with Crippen LogP contribution in [0.5, 0.6) is 0 Å². The monoisotopic (exact) mass is 280 g/mol. The van der Waals surface area contributed by atoms with Crippen LogP contribution in [0.15, 0.2) is 29.2 Å². The molecule has 104 valence electrons. The minimum absolute atomic E-state index is 0.0333. The van der Waals surface area contributed by atoms with Crippen LogP contribution in [0.1, 0.15) is 27.7 Å². The van der Waals surface area contributed by atoms with Crippen LogP contribution in [-0.2, 0) is 9.59 Å². The molecule has 1 atom stereocenters. The Morgan fingerprint density at radius 3 is 2.16 bits per heavy atom. The molecule has 1 rings (SSSR count). The average Bonchev–Trinajstić information content (AvgIpc) is 2.30. The zero-order chi connectivity index (χ0) is 14.4. The van der Waals surface area contributed by atoms with Gasteiger partial charge in [0, 0.05) is 23.5 Å². The predicted octanol–water partition coefficient (Wildman–Crippen LogP) is 2.65. The van der Waals surface area contributed by atoms with E-state index in [1.165, 1.54) is 18.7 Å². The molecule has 0 fully saturated rings. The zero-order valence-electron chi connectivity index (χ0n) is 11.7. The van der Waals surface area contributed by atoms with Crippen molar-refractivity contribution in [1.29, 1.82) is 0 Å². The summed E-state index contributed by atoms with van der Waals surface area (Å²) in [5.41, 5.74) is 0.760. The summed E-state index contributed by atoms with van der Waals surface area (Å²) in [5.74, 6) is -0.0592. The van der Waals surface area contributed by atoms with Gasteiger partial charge in [-0.1, -0.05) is 0 Å². The molecule has 0 aliphatic carbocycles. The topological polar surface area (TPSA) is 58.2 Å². The minimum Gasteiger partial charge on any atom is -0.353 e. The average molecular weight is 280 g/mol. The van der Waals surface area contributed by atoms with E-state index in [-0.39, 0.29) is 23.1 Å². The summed E-state index contributed by atoms with van der Waals surface area (Å²) in [5, 5.41) is 5.45. The lowest BCUT2D eigenvalue weighted by molar-refractivity contribution is -0.120. The van der Waals surface area contributed by atoms with Crippen molar-refractivity contribution in [1.82, 2.24) is 5.32 Å². The van der Waals surface area contributed by atoms with Gasteiger partial charge < -0.3 is 10.6 Å². The highest BCUT2D eigenvalue weighted by Gasteiger charge is 2.14. The van der Waals surface area contributed by atoms with Crippen LogP contribution in [0.4, 0.5) is 5.69 Å². The third-order valence-corrected chi connectivity index (χ3v) is 3.40. The molecule has 0 radical (unpaired) electrons. The maximum absolute atomic E-state index is 11.8. The van der Waals surface area contributed by atoms with Gasteiger partial charge in [0.25, 0.3) is 0 Å². The Morgan fingerprint density at radius 2 is 1.68 bits per heavy atom. The summed E-state index contributed by atoms with van der Waals surface area (Å²) < 4.78 is 0. The fourth-order valence-electron chi connectivity index (χ4n) is 1.48. The summed E-state index contributed by atoms with van der Waals surface area (Å²) in [7, 11) is 0. The van der Waals surface area contributed by atoms with Crippen molar-refractivity contribution in [3.8, 4) is 0 Å². The number of hydrogen-bond donors (Lipinski definition) is 2. The number of nitrogens with one attached hydrogen (secondary N) is 2. The van der Waals surface area contributed by atoms with Crippen molar-refractivity contribution in [2.45, 2.75) is 43.9 Å². The minimum atomic E-state index is -0.144. The quantitative estimate of drug-likeness (QED) is 0.815. The molecule has 5 heteroatoms. The number of carbonyl (C=O) groups is 2. The third kappa shape index (κ3) is 5.79. The fraction of sp³-hybridized carbons (Fsp3) is 0.429. The van der Waals surface area contributed by atoms with Crippen molar-refractivity contribution >= 4 is 29.3 Å². The number of rotatable bonds is 5. The molecule has 1 aromatic carbocycles. The Morgan fingerprint density at radius 1 is 1.11 bits per heavy atom. The molecule has 2 N–H and O–H groups in total. The Labute approximate surface area is 118 Å². The predicted molar refractivity (Wildman–Crippen MR) is 79.3 cm³/mol. The van der Waals surface area contributed by atoms with Crippen molar-refractivity contribution < 1.29 is 9.59 Å². The number of amides is 2. The first-order valence-corrected chi connectivity index (χ1v) is 7.11. The smallest absolute Gasteiger partial charge is 0.233 e. The van der Waals surface area contributed by atoms with Crippen molar-refractivity contribution in [3.63, 3.8) is 0 Å². The van der Waals surface area contributed by atoms with Gasteiger partial charge in [-0.3, -0.25) is 9.59 Å². The molecule has 0 heterocycles. The number of hydrogen-bond acceptors (Lipinski definition) is 3. The van der Waals surface area contributed by atoms with Crippen LogP contribution in [0.2, 0.25) is 0 Å². The largest absolute Gasteiger partial charge is 0.353 e. The Balaban J connectivity index is 2.57. The highest BCUT2D eigenvalue weighted by atomic mass is 32.2. The molecule has 0 unspecified atom stereocenters. The van der Waals surface area contributed by atoms with Gasteiger partial charge in [0.1, 0.15) is 0 Å². The van der Waals surface area contributed by atoms with E-state index in [4.69, 9.17) is 0 Å². The van der Waals surface area contributed by atoms with Gasteiger partial charge in [-0.2, -0.15) is 0 Å². The molecular formula is C14H20N2O2S. The normalized spacial score (nSPS) is 12.1. The number of anilines is 1. The SMILES string of the molecule is CC(=O)Nc1ccc(S[C@@H](C)C(=O)NC(C)C)cc1. The third-order valence-electron chi connectivity index (χ3n) is 2.29. The van der Waals surface area contributed by atoms with Crippen molar-refractivity contribution in [3.05, 3.63) is 24.3 Å². The molecular weight excluding hydrogens is 260 g/mol. The summed E-state index contributed by atoms with van der Waals surface area (Å²) in [6.45, 7) is 7.24. The van der Waals surface area contributed by atoms with Crippen molar-refractivity contribution in [2.75, 3.05) is 5.32 Å². The fourth-order valence-corrected chi connectivity index (χ4v) is 2.36. The van der Waals surface area contributed by atoms with E-state index in [0.29, 0.717) is 0 Å². The van der Waals surface area contributed by atoms with Gasteiger partial charge >= 0.3 is 0 Å². The van der Waals surface area contributed by atoms with E-state index >= 15 is 0 Å². The van der Waals surface area contributed by atoms with Gasteiger partial charge in [-0.05, 0) is 45.0 Å². The Hall–Kier alpha value is -1.49. The number of benzene rings is 1. The van der Waals surface area contributed by atoms with E-state index < -0.39 is 0 Å². The zero-order valence-corrected chi connectivity index (χ0v) is 12.5. The van der Waals surface area contributed by atoms with Gasteiger partial charge in [0.15, 0.2) is 0 Å². The second-order valence-corrected chi connectivity index (χ2v) is 6.04. The molecule has 0 aliphatic heterocycles. The van der Waals surface area contributed by atoms with Crippen molar-refractivity contribution in [2.24, 2.45) is 0 Å². The lowest BCUT2D eigenvalue weighted by atomic mass is 10.3. The summed E-state index contributed by atoms with van der Waals surface area (Å²) in [4.78, 5) is 23.7. The summed E-state index contributed by atoms with van der Waals surface area (Å²) >= 11 is 1.50. The molecule has 2 amide bonds. The van der Waals surface area contributed by atoms with E-state index in [9.17, 15) is 9.59 Å². The van der Waals surface area contributed by atoms with Gasteiger partial charge in [0.05, 0.1) is 5.25 Å². The highest BCUT2D eigenvalue weighted by Crippen LogP contribution is 2.24.